The molecule has 136 valence electrons. The van der Waals surface area contributed by atoms with Gasteiger partial charge in [-0.25, -0.2) is 0 Å². The molecule has 9 heteroatoms. The minimum absolute atomic E-state index is 0.00777. The van der Waals surface area contributed by atoms with Gasteiger partial charge < -0.3 is 13.7 Å². The third-order valence-corrected chi connectivity index (χ3v) is 5.23. The number of para-hydroxylation sites is 1. The molecule has 27 heavy (non-hydrogen) atoms. The van der Waals surface area contributed by atoms with Crippen molar-refractivity contribution in [3.05, 3.63) is 63.1 Å². The second-order valence-electron chi connectivity index (χ2n) is 5.76. The number of rotatable bonds is 3. The van der Waals surface area contributed by atoms with Gasteiger partial charge in [0.1, 0.15) is 0 Å². The Hall–Kier alpha value is -3.46. The molecule has 0 unspecified atom stereocenters. The number of amides is 1. The van der Waals surface area contributed by atoms with Gasteiger partial charge in [-0.15, -0.1) is 0 Å². The summed E-state index contributed by atoms with van der Waals surface area (Å²) in [4.78, 5) is 27.6. The van der Waals surface area contributed by atoms with Crippen molar-refractivity contribution < 1.29 is 18.9 Å². The number of nitrogens with zero attached hydrogens (tertiary/aromatic N) is 3. The fraction of sp³-hybridized carbons (Fsp3) is 0.111. The van der Waals surface area contributed by atoms with Crippen LogP contribution < -0.4 is 9.54 Å². The van der Waals surface area contributed by atoms with E-state index >= 15 is 0 Å². The molecule has 4 rings (SSSR count). The lowest BCUT2D eigenvalue weighted by atomic mass is 10.2. The second-order valence-corrected chi connectivity index (χ2v) is 6.77. The van der Waals surface area contributed by atoms with Gasteiger partial charge in [0.2, 0.25) is 0 Å². The Morgan fingerprint density at radius 3 is 2.85 bits per heavy atom. The van der Waals surface area contributed by atoms with Crippen molar-refractivity contribution in [2.75, 3.05) is 7.11 Å². The number of fused-ring (bicyclic) bond motifs is 2. The van der Waals surface area contributed by atoms with Gasteiger partial charge in [-0.2, -0.15) is 4.99 Å². The molecule has 0 saturated carbocycles. The van der Waals surface area contributed by atoms with Crippen molar-refractivity contribution in [2.45, 2.75) is 0 Å². The lowest BCUT2D eigenvalue weighted by molar-refractivity contribution is -0.384. The molecule has 0 N–H and O–H groups in total. The van der Waals surface area contributed by atoms with Gasteiger partial charge in [0, 0.05) is 24.6 Å². The number of non-ortho nitro benzene ring substituents is 1. The van der Waals surface area contributed by atoms with E-state index in [0.717, 1.165) is 10.9 Å². The Labute approximate surface area is 156 Å². The van der Waals surface area contributed by atoms with E-state index in [2.05, 4.69) is 4.99 Å². The first-order valence-electron chi connectivity index (χ1n) is 7.87. The molecule has 0 fully saturated rings. The van der Waals surface area contributed by atoms with Crippen LogP contribution in [0.1, 0.15) is 10.6 Å². The highest BCUT2D eigenvalue weighted by molar-refractivity contribution is 7.16. The SMILES string of the molecule is COc1cccc2cc(C(=O)N=c3sc4cc([N+](=O)[O-])ccc4n3C)oc12. The van der Waals surface area contributed by atoms with Crippen LogP contribution in [0.4, 0.5) is 5.69 Å². The van der Waals surface area contributed by atoms with Gasteiger partial charge in [-0.05, 0) is 18.2 Å². The summed E-state index contributed by atoms with van der Waals surface area (Å²) in [5.74, 6) is 0.0918. The van der Waals surface area contributed by atoms with Crippen LogP contribution in [0.25, 0.3) is 21.2 Å². The first kappa shape index (κ1) is 17.0. The van der Waals surface area contributed by atoms with Gasteiger partial charge in [0.15, 0.2) is 21.9 Å². The molecule has 2 aromatic carbocycles. The van der Waals surface area contributed by atoms with E-state index in [4.69, 9.17) is 9.15 Å². The smallest absolute Gasteiger partial charge is 0.315 e. The maximum absolute atomic E-state index is 12.6. The van der Waals surface area contributed by atoms with E-state index in [9.17, 15) is 14.9 Å². The second kappa shape index (κ2) is 6.36. The predicted molar refractivity (Wildman–Crippen MR) is 100 cm³/mol. The molecule has 2 heterocycles. The molecule has 0 aliphatic carbocycles. The van der Waals surface area contributed by atoms with E-state index < -0.39 is 10.8 Å². The average Bonchev–Trinajstić information content (AvgIpc) is 3.23. The first-order valence-corrected chi connectivity index (χ1v) is 8.69. The summed E-state index contributed by atoms with van der Waals surface area (Å²) >= 11 is 1.20. The van der Waals surface area contributed by atoms with Crippen LogP contribution in [-0.4, -0.2) is 22.5 Å². The molecule has 0 aliphatic rings. The summed E-state index contributed by atoms with van der Waals surface area (Å²) in [6.45, 7) is 0. The van der Waals surface area contributed by atoms with E-state index in [0.29, 0.717) is 20.8 Å². The Morgan fingerprint density at radius 2 is 2.11 bits per heavy atom. The minimum Gasteiger partial charge on any atom is -0.493 e. The molecule has 2 aromatic heterocycles. The number of aryl methyl sites for hydroxylation is 1. The van der Waals surface area contributed by atoms with Crippen molar-refractivity contribution >= 4 is 44.1 Å². The van der Waals surface area contributed by atoms with E-state index in [1.807, 2.05) is 6.07 Å². The van der Waals surface area contributed by atoms with Gasteiger partial charge in [-0.3, -0.25) is 14.9 Å². The number of furan rings is 1. The van der Waals surface area contributed by atoms with Crippen molar-refractivity contribution in [1.29, 1.82) is 0 Å². The number of thiazole rings is 1. The molecule has 1 amide bonds. The lowest BCUT2D eigenvalue weighted by Crippen LogP contribution is -2.12. The summed E-state index contributed by atoms with van der Waals surface area (Å²) in [6.07, 6.45) is 0. The normalized spacial score (nSPS) is 12.0. The van der Waals surface area contributed by atoms with E-state index in [1.54, 1.807) is 35.9 Å². The number of nitro groups is 1. The van der Waals surface area contributed by atoms with Gasteiger partial charge >= 0.3 is 5.91 Å². The summed E-state index contributed by atoms with van der Waals surface area (Å²) < 4.78 is 13.2. The molecular formula is C18H13N3O5S. The lowest BCUT2D eigenvalue weighted by Gasteiger charge is -1.98. The van der Waals surface area contributed by atoms with Crippen molar-refractivity contribution in [3.8, 4) is 5.75 Å². The number of methoxy groups -OCH3 is 1. The maximum Gasteiger partial charge on any atom is 0.315 e. The highest BCUT2D eigenvalue weighted by atomic mass is 32.1. The zero-order valence-corrected chi connectivity index (χ0v) is 15.1. The van der Waals surface area contributed by atoms with Crippen molar-refractivity contribution in [3.63, 3.8) is 0 Å². The number of nitro benzene ring substituents is 1. The fourth-order valence-corrected chi connectivity index (χ4v) is 3.84. The standard InChI is InChI=1S/C18H13N3O5S/c1-20-12-7-6-11(21(23)24)9-15(12)27-18(20)19-17(22)14-8-10-4-3-5-13(25-2)16(10)26-14/h3-9H,1-2H3. The largest absolute Gasteiger partial charge is 0.493 e. The summed E-state index contributed by atoms with van der Waals surface area (Å²) in [5, 5.41) is 11.7. The molecule has 0 aliphatic heterocycles. The van der Waals surface area contributed by atoms with Crippen LogP contribution in [0.3, 0.4) is 0 Å². The van der Waals surface area contributed by atoms with Crippen molar-refractivity contribution in [2.24, 2.45) is 12.0 Å². The zero-order chi connectivity index (χ0) is 19.1. The van der Waals surface area contributed by atoms with Crippen LogP contribution >= 0.6 is 11.3 Å². The summed E-state index contributed by atoms with van der Waals surface area (Å²) in [6, 6.07) is 11.5. The van der Waals surface area contributed by atoms with E-state index in [1.165, 1.54) is 30.6 Å². The number of ether oxygens (including phenoxy) is 1. The minimum atomic E-state index is -0.537. The number of benzene rings is 2. The quantitative estimate of drug-likeness (QED) is 0.397. The number of carbonyl (C=O) groups is 1. The van der Waals surface area contributed by atoms with Crippen LogP contribution in [0, 0.1) is 10.1 Å². The first-order chi connectivity index (χ1) is 13.0. The molecule has 0 bridgehead atoms. The maximum atomic E-state index is 12.6. The summed E-state index contributed by atoms with van der Waals surface area (Å²) in [7, 11) is 3.28. The van der Waals surface area contributed by atoms with Gasteiger partial charge in [0.25, 0.3) is 5.69 Å². The van der Waals surface area contributed by atoms with Crippen molar-refractivity contribution in [1.82, 2.24) is 4.57 Å². The molecule has 0 atom stereocenters. The monoisotopic (exact) mass is 383 g/mol. The van der Waals surface area contributed by atoms with Gasteiger partial charge in [-0.1, -0.05) is 23.5 Å². The fourth-order valence-electron chi connectivity index (χ4n) is 2.79. The van der Waals surface area contributed by atoms with Crippen LogP contribution in [0.15, 0.2) is 51.9 Å². The third kappa shape index (κ3) is 2.87. The Balaban J connectivity index is 1.80. The van der Waals surface area contributed by atoms with Crippen LogP contribution in [0.5, 0.6) is 5.75 Å². The number of hydrogen-bond donors (Lipinski definition) is 0. The third-order valence-electron chi connectivity index (χ3n) is 4.14. The topological polar surface area (TPSA) is 99.9 Å². The number of aromatic nitrogens is 1. The highest BCUT2D eigenvalue weighted by Crippen LogP contribution is 2.29. The molecule has 8 nitrogen and oxygen atoms in total. The zero-order valence-electron chi connectivity index (χ0n) is 14.3. The average molecular weight is 383 g/mol. The molecule has 4 aromatic rings. The molecular weight excluding hydrogens is 370 g/mol. The van der Waals surface area contributed by atoms with Gasteiger partial charge in [0.05, 0.1) is 22.2 Å². The molecule has 0 saturated heterocycles. The van der Waals surface area contributed by atoms with Crippen LogP contribution in [-0.2, 0) is 7.05 Å². The Morgan fingerprint density at radius 1 is 1.30 bits per heavy atom. The Bertz CT molecular complexity index is 1280. The highest BCUT2D eigenvalue weighted by Gasteiger charge is 2.16. The number of hydrogen-bond acceptors (Lipinski definition) is 6. The molecule has 0 radical (unpaired) electrons. The predicted octanol–water partition coefficient (Wildman–Crippen LogP) is 3.64. The Kier molecular flexibility index (Phi) is 4.00. The van der Waals surface area contributed by atoms with Crippen LogP contribution in [0.2, 0.25) is 0 Å². The molecule has 0 spiro atoms. The van der Waals surface area contributed by atoms with E-state index in [-0.39, 0.29) is 11.4 Å². The summed E-state index contributed by atoms with van der Waals surface area (Å²) in [5.41, 5.74) is 1.23. The number of carbonyl (C=O) groups excluding carboxylic acids is 1.